The van der Waals surface area contributed by atoms with E-state index in [9.17, 15) is 4.79 Å². The van der Waals surface area contributed by atoms with Crippen LogP contribution < -0.4 is 10.1 Å². The van der Waals surface area contributed by atoms with Crippen LogP contribution in [0.5, 0.6) is 5.75 Å². The molecule has 3 rings (SSSR count). The highest BCUT2D eigenvalue weighted by molar-refractivity contribution is 5.96. The number of anilines is 1. The standard InChI is InChI=1S/C23H27N3O2/c1-5-21(19-11-13-20(28-4)14-12-19)23(27)24-22-16(2)25-26(17(22)3)15-18-9-7-6-8-10-18/h6-14,21H,5,15H2,1-4H3,(H,24,27). The van der Waals surface area contributed by atoms with Gasteiger partial charge in [-0.2, -0.15) is 5.10 Å². The van der Waals surface area contributed by atoms with Crippen molar-refractivity contribution in [2.24, 2.45) is 0 Å². The number of aromatic nitrogens is 2. The molecule has 2 aromatic carbocycles. The number of nitrogens with one attached hydrogen (secondary N) is 1. The lowest BCUT2D eigenvalue weighted by molar-refractivity contribution is -0.117. The van der Waals surface area contributed by atoms with E-state index in [0.717, 1.165) is 28.4 Å². The minimum Gasteiger partial charge on any atom is -0.497 e. The Bertz CT molecular complexity index is 930. The monoisotopic (exact) mass is 377 g/mol. The molecular weight excluding hydrogens is 350 g/mol. The lowest BCUT2D eigenvalue weighted by atomic mass is 9.95. The summed E-state index contributed by atoms with van der Waals surface area (Å²) in [6.45, 7) is 6.62. The average Bonchev–Trinajstić information content (AvgIpc) is 2.97. The predicted octanol–water partition coefficient (Wildman–Crippen LogP) is 4.69. The van der Waals surface area contributed by atoms with Crippen molar-refractivity contribution in [3.05, 3.63) is 77.1 Å². The van der Waals surface area contributed by atoms with Gasteiger partial charge < -0.3 is 10.1 Å². The van der Waals surface area contributed by atoms with Crippen molar-refractivity contribution in [3.8, 4) is 5.75 Å². The molecular formula is C23H27N3O2. The quantitative estimate of drug-likeness (QED) is 0.650. The van der Waals surface area contributed by atoms with Gasteiger partial charge in [0, 0.05) is 0 Å². The van der Waals surface area contributed by atoms with Gasteiger partial charge >= 0.3 is 0 Å². The van der Waals surface area contributed by atoms with E-state index in [0.29, 0.717) is 13.0 Å². The van der Waals surface area contributed by atoms with Crippen molar-refractivity contribution in [1.29, 1.82) is 0 Å². The molecule has 5 heteroatoms. The van der Waals surface area contributed by atoms with E-state index in [4.69, 9.17) is 4.74 Å². The normalized spacial score (nSPS) is 11.9. The van der Waals surface area contributed by atoms with Crippen LogP contribution in [0.15, 0.2) is 54.6 Å². The lowest BCUT2D eigenvalue weighted by Crippen LogP contribution is -2.21. The van der Waals surface area contributed by atoms with Gasteiger partial charge in [0.15, 0.2) is 0 Å². The maximum atomic E-state index is 13.0. The number of rotatable bonds is 7. The summed E-state index contributed by atoms with van der Waals surface area (Å²) in [6, 6.07) is 17.9. The van der Waals surface area contributed by atoms with Gasteiger partial charge in [0.05, 0.1) is 36.6 Å². The summed E-state index contributed by atoms with van der Waals surface area (Å²) in [7, 11) is 1.64. The van der Waals surface area contributed by atoms with Crippen LogP contribution >= 0.6 is 0 Å². The predicted molar refractivity (Wildman–Crippen MR) is 112 cm³/mol. The van der Waals surface area contributed by atoms with Crippen molar-refractivity contribution < 1.29 is 9.53 Å². The summed E-state index contributed by atoms with van der Waals surface area (Å²) in [6.07, 6.45) is 0.717. The van der Waals surface area contributed by atoms with Gasteiger partial charge in [0.25, 0.3) is 0 Å². The molecule has 1 heterocycles. The third-order valence-corrected chi connectivity index (χ3v) is 5.05. The van der Waals surface area contributed by atoms with Crippen LogP contribution in [0.25, 0.3) is 0 Å². The lowest BCUT2D eigenvalue weighted by Gasteiger charge is -2.16. The van der Waals surface area contributed by atoms with Crippen LogP contribution in [-0.2, 0) is 11.3 Å². The smallest absolute Gasteiger partial charge is 0.232 e. The Hall–Kier alpha value is -3.08. The maximum absolute atomic E-state index is 13.0. The van der Waals surface area contributed by atoms with Gasteiger partial charge in [-0.25, -0.2) is 0 Å². The zero-order chi connectivity index (χ0) is 20.1. The summed E-state index contributed by atoms with van der Waals surface area (Å²) >= 11 is 0. The number of methoxy groups -OCH3 is 1. The number of aryl methyl sites for hydroxylation is 1. The fourth-order valence-electron chi connectivity index (χ4n) is 3.41. The second-order valence-electron chi connectivity index (χ2n) is 6.91. The van der Waals surface area contributed by atoms with Crippen LogP contribution in [0.2, 0.25) is 0 Å². The summed E-state index contributed by atoms with van der Waals surface area (Å²) < 4.78 is 7.15. The van der Waals surface area contributed by atoms with Crippen molar-refractivity contribution in [2.75, 3.05) is 12.4 Å². The largest absolute Gasteiger partial charge is 0.497 e. The van der Waals surface area contributed by atoms with E-state index >= 15 is 0 Å². The molecule has 1 amide bonds. The van der Waals surface area contributed by atoms with Crippen LogP contribution in [-0.4, -0.2) is 22.8 Å². The molecule has 146 valence electrons. The highest BCUT2D eigenvalue weighted by Gasteiger charge is 2.22. The molecule has 0 fully saturated rings. The van der Waals surface area contributed by atoms with Crippen molar-refractivity contribution in [1.82, 2.24) is 9.78 Å². The highest BCUT2D eigenvalue weighted by Crippen LogP contribution is 2.26. The van der Waals surface area contributed by atoms with Crippen LogP contribution in [0.3, 0.4) is 0 Å². The van der Waals surface area contributed by atoms with E-state index in [2.05, 4.69) is 22.5 Å². The minimum atomic E-state index is -0.220. The van der Waals surface area contributed by atoms with Crippen molar-refractivity contribution in [3.63, 3.8) is 0 Å². The molecule has 0 bridgehead atoms. The molecule has 0 spiro atoms. The van der Waals surface area contributed by atoms with Crippen LogP contribution in [0.4, 0.5) is 5.69 Å². The number of ether oxygens (including phenoxy) is 1. The highest BCUT2D eigenvalue weighted by atomic mass is 16.5. The third-order valence-electron chi connectivity index (χ3n) is 5.05. The Morgan fingerprint density at radius 3 is 2.39 bits per heavy atom. The Kier molecular flexibility index (Phi) is 6.14. The van der Waals surface area contributed by atoms with E-state index in [1.165, 1.54) is 5.56 Å². The Labute approximate surface area is 166 Å². The second-order valence-corrected chi connectivity index (χ2v) is 6.91. The van der Waals surface area contributed by atoms with Gasteiger partial charge in [0.2, 0.25) is 5.91 Å². The minimum absolute atomic E-state index is 0.0156. The first-order valence-electron chi connectivity index (χ1n) is 9.56. The van der Waals surface area contributed by atoms with Gasteiger partial charge in [-0.15, -0.1) is 0 Å². The van der Waals surface area contributed by atoms with E-state index in [-0.39, 0.29) is 11.8 Å². The molecule has 1 unspecified atom stereocenters. The van der Waals surface area contributed by atoms with E-state index < -0.39 is 0 Å². The second kappa shape index (κ2) is 8.74. The molecule has 0 saturated heterocycles. The van der Waals surface area contributed by atoms with Crippen molar-refractivity contribution >= 4 is 11.6 Å². The Morgan fingerprint density at radius 1 is 1.11 bits per heavy atom. The first-order valence-corrected chi connectivity index (χ1v) is 9.56. The number of benzene rings is 2. The molecule has 0 aliphatic carbocycles. The SMILES string of the molecule is CCC(C(=O)Nc1c(C)nn(Cc2ccccc2)c1C)c1ccc(OC)cc1. The fraction of sp³-hybridized carbons (Fsp3) is 0.304. The molecule has 1 atom stereocenters. The molecule has 5 nitrogen and oxygen atoms in total. The topological polar surface area (TPSA) is 56.2 Å². The molecule has 1 aromatic heterocycles. The van der Waals surface area contributed by atoms with Crippen LogP contribution in [0, 0.1) is 13.8 Å². The molecule has 0 radical (unpaired) electrons. The molecule has 28 heavy (non-hydrogen) atoms. The third kappa shape index (κ3) is 4.25. The summed E-state index contributed by atoms with van der Waals surface area (Å²) in [4.78, 5) is 13.0. The maximum Gasteiger partial charge on any atom is 0.232 e. The number of carbonyl (C=O) groups is 1. The number of hydrogen-bond acceptors (Lipinski definition) is 3. The first-order chi connectivity index (χ1) is 13.5. The van der Waals surface area contributed by atoms with Crippen LogP contribution in [0.1, 0.15) is 41.8 Å². The van der Waals surface area contributed by atoms with Crippen molar-refractivity contribution in [2.45, 2.75) is 39.7 Å². The number of nitrogens with zero attached hydrogens (tertiary/aromatic N) is 2. The van der Waals surface area contributed by atoms with Gasteiger partial charge in [0.1, 0.15) is 5.75 Å². The van der Waals surface area contributed by atoms with Gasteiger partial charge in [-0.1, -0.05) is 49.4 Å². The first kappa shape index (κ1) is 19.7. The molecule has 0 aliphatic rings. The number of amides is 1. The number of hydrogen-bond donors (Lipinski definition) is 1. The number of carbonyl (C=O) groups excluding carboxylic acids is 1. The molecule has 3 aromatic rings. The zero-order valence-electron chi connectivity index (χ0n) is 16.9. The molecule has 1 N–H and O–H groups in total. The zero-order valence-corrected chi connectivity index (χ0v) is 16.9. The fourth-order valence-corrected chi connectivity index (χ4v) is 3.41. The molecule has 0 saturated carbocycles. The summed E-state index contributed by atoms with van der Waals surface area (Å²) in [5, 5.41) is 7.73. The summed E-state index contributed by atoms with van der Waals surface area (Å²) in [5.74, 6) is 0.549. The molecule has 0 aliphatic heterocycles. The Morgan fingerprint density at radius 2 is 1.79 bits per heavy atom. The Balaban J connectivity index is 1.78. The van der Waals surface area contributed by atoms with Gasteiger partial charge in [-0.05, 0) is 43.5 Å². The summed E-state index contributed by atoms with van der Waals surface area (Å²) in [5.41, 5.74) is 4.74. The van der Waals surface area contributed by atoms with E-state index in [1.54, 1.807) is 7.11 Å². The average molecular weight is 377 g/mol. The van der Waals surface area contributed by atoms with Gasteiger partial charge in [-0.3, -0.25) is 9.48 Å². The van der Waals surface area contributed by atoms with E-state index in [1.807, 2.05) is 67.9 Å².